The summed E-state index contributed by atoms with van der Waals surface area (Å²) < 4.78 is 0. The molecule has 1 amide bonds. The number of amides is 1. The summed E-state index contributed by atoms with van der Waals surface area (Å²) in [6.45, 7) is 6.01. The van der Waals surface area contributed by atoms with Gasteiger partial charge in [0.25, 0.3) is 0 Å². The summed E-state index contributed by atoms with van der Waals surface area (Å²) in [6.07, 6.45) is 3.13. The number of hydrogen-bond donors (Lipinski definition) is 1. The van der Waals surface area contributed by atoms with Gasteiger partial charge in [-0.1, -0.05) is 44.9 Å². The molecule has 0 fully saturated rings. The first-order valence-corrected chi connectivity index (χ1v) is 7.03. The molecule has 1 N–H and O–H groups in total. The van der Waals surface area contributed by atoms with E-state index in [1.54, 1.807) is 0 Å². The fourth-order valence-electron chi connectivity index (χ4n) is 1.86. The van der Waals surface area contributed by atoms with Crippen LogP contribution < -0.4 is 5.32 Å². The molecule has 1 aromatic carbocycles. The minimum absolute atomic E-state index is 0.0450. The summed E-state index contributed by atoms with van der Waals surface area (Å²) in [5.74, 6) is 0.122. The van der Waals surface area contributed by atoms with E-state index < -0.39 is 0 Å². The molecule has 0 bridgehead atoms. The Hall–Kier alpha value is -1.02. The van der Waals surface area contributed by atoms with E-state index in [0.717, 1.165) is 30.5 Å². The van der Waals surface area contributed by atoms with Gasteiger partial charge in [-0.25, -0.2) is 0 Å². The highest BCUT2D eigenvalue weighted by Crippen LogP contribution is 2.27. The predicted molar refractivity (Wildman–Crippen MR) is 78.0 cm³/mol. The molecule has 0 aliphatic rings. The van der Waals surface area contributed by atoms with Crippen LogP contribution in [-0.4, -0.2) is 5.91 Å². The molecule has 2 unspecified atom stereocenters. The van der Waals surface area contributed by atoms with Gasteiger partial charge in [0.1, 0.15) is 0 Å². The topological polar surface area (TPSA) is 29.1 Å². The highest BCUT2D eigenvalue weighted by molar-refractivity contribution is 6.21. The first kappa shape index (κ1) is 15.0. The number of halogens is 1. The Bertz CT molecular complexity index is 390. The maximum Gasteiger partial charge on any atom is 0.227 e. The van der Waals surface area contributed by atoms with Gasteiger partial charge in [-0.05, 0) is 25.0 Å². The number of benzene rings is 1. The molecular formula is C15H22ClNO. The van der Waals surface area contributed by atoms with Crippen molar-refractivity contribution in [2.75, 3.05) is 5.32 Å². The van der Waals surface area contributed by atoms with E-state index >= 15 is 0 Å². The van der Waals surface area contributed by atoms with E-state index in [-0.39, 0.29) is 17.2 Å². The number of unbranched alkanes of at least 4 members (excludes halogenated alkanes) is 1. The first-order valence-electron chi connectivity index (χ1n) is 6.60. The molecule has 0 saturated heterocycles. The molecule has 1 rings (SSSR count). The van der Waals surface area contributed by atoms with Crippen LogP contribution in [0.5, 0.6) is 0 Å². The Morgan fingerprint density at radius 1 is 1.33 bits per heavy atom. The van der Waals surface area contributed by atoms with Gasteiger partial charge in [-0.2, -0.15) is 0 Å². The Balaban J connectivity index is 2.69. The molecule has 0 heterocycles. The van der Waals surface area contributed by atoms with Crippen LogP contribution in [0.2, 0.25) is 0 Å². The maximum atomic E-state index is 12.0. The second-order valence-electron chi connectivity index (χ2n) is 4.74. The molecule has 0 radical (unpaired) electrons. The van der Waals surface area contributed by atoms with E-state index in [2.05, 4.69) is 12.2 Å². The Morgan fingerprint density at radius 3 is 2.61 bits per heavy atom. The van der Waals surface area contributed by atoms with Crippen molar-refractivity contribution in [3.05, 3.63) is 29.8 Å². The van der Waals surface area contributed by atoms with E-state index in [1.807, 2.05) is 38.1 Å². The first-order chi connectivity index (χ1) is 8.56. The summed E-state index contributed by atoms with van der Waals surface area (Å²) in [4.78, 5) is 12.0. The highest BCUT2D eigenvalue weighted by Gasteiger charge is 2.15. The number of rotatable bonds is 6. The second kappa shape index (κ2) is 7.42. The molecule has 0 aliphatic carbocycles. The molecule has 0 aromatic heterocycles. The van der Waals surface area contributed by atoms with Gasteiger partial charge in [0.2, 0.25) is 5.91 Å². The van der Waals surface area contributed by atoms with E-state index in [0.29, 0.717) is 0 Å². The molecule has 1 aromatic rings. The number of alkyl halides is 1. The van der Waals surface area contributed by atoms with Crippen LogP contribution in [0.4, 0.5) is 5.69 Å². The molecule has 100 valence electrons. The zero-order valence-electron chi connectivity index (χ0n) is 11.4. The van der Waals surface area contributed by atoms with Crippen LogP contribution in [-0.2, 0) is 4.79 Å². The number of para-hydroxylation sites is 1. The maximum absolute atomic E-state index is 12.0. The third kappa shape index (κ3) is 4.34. The lowest BCUT2D eigenvalue weighted by Gasteiger charge is -2.15. The van der Waals surface area contributed by atoms with Gasteiger partial charge in [0.05, 0.1) is 5.38 Å². The minimum Gasteiger partial charge on any atom is -0.326 e. The highest BCUT2D eigenvalue weighted by atomic mass is 35.5. The van der Waals surface area contributed by atoms with Crippen molar-refractivity contribution in [3.63, 3.8) is 0 Å². The average Bonchev–Trinajstić information content (AvgIpc) is 2.36. The molecule has 3 heteroatoms. The van der Waals surface area contributed by atoms with Crippen LogP contribution in [0.15, 0.2) is 24.3 Å². The standard InChI is InChI=1S/C15H22ClNO/c1-4-5-8-11(2)15(18)17-14-10-7-6-9-13(14)12(3)16/h6-7,9-12H,4-5,8H2,1-3H3,(H,17,18). The van der Waals surface area contributed by atoms with Crippen molar-refractivity contribution >= 4 is 23.2 Å². The van der Waals surface area contributed by atoms with Gasteiger partial charge in [0, 0.05) is 11.6 Å². The predicted octanol–water partition coefficient (Wildman–Crippen LogP) is 4.75. The van der Waals surface area contributed by atoms with Crippen LogP contribution >= 0.6 is 11.6 Å². The van der Waals surface area contributed by atoms with Gasteiger partial charge in [-0.3, -0.25) is 4.79 Å². The molecule has 0 aliphatic heterocycles. The second-order valence-corrected chi connectivity index (χ2v) is 5.39. The average molecular weight is 268 g/mol. The quantitative estimate of drug-likeness (QED) is 0.741. The fourth-order valence-corrected chi connectivity index (χ4v) is 2.05. The van der Waals surface area contributed by atoms with Gasteiger partial charge >= 0.3 is 0 Å². The largest absolute Gasteiger partial charge is 0.326 e. The Labute approximate surface area is 115 Å². The number of nitrogens with one attached hydrogen (secondary N) is 1. The summed E-state index contributed by atoms with van der Waals surface area (Å²) in [5, 5.41) is 2.87. The van der Waals surface area contributed by atoms with Gasteiger partial charge in [-0.15, -0.1) is 11.6 Å². The fraction of sp³-hybridized carbons (Fsp3) is 0.533. The van der Waals surface area contributed by atoms with E-state index in [4.69, 9.17) is 11.6 Å². The normalized spacial score (nSPS) is 14.0. The van der Waals surface area contributed by atoms with Crippen molar-refractivity contribution in [1.82, 2.24) is 0 Å². The zero-order chi connectivity index (χ0) is 13.5. The molecule has 2 atom stereocenters. The van der Waals surface area contributed by atoms with Crippen LogP contribution in [0.25, 0.3) is 0 Å². The molecule has 18 heavy (non-hydrogen) atoms. The van der Waals surface area contributed by atoms with Gasteiger partial charge in [0.15, 0.2) is 0 Å². The summed E-state index contributed by atoms with van der Waals surface area (Å²) in [5.41, 5.74) is 1.79. The third-order valence-electron chi connectivity index (χ3n) is 3.09. The number of hydrogen-bond acceptors (Lipinski definition) is 1. The van der Waals surface area contributed by atoms with E-state index in [1.165, 1.54) is 0 Å². The molecule has 2 nitrogen and oxygen atoms in total. The molecule has 0 spiro atoms. The Kier molecular flexibility index (Phi) is 6.20. The van der Waals surface area contributed by atoms with Crippen molar-refractivity contribution in [2.24, 2.45) is 5.92 Å². The molecule has 0 saturated carbocycles. The van der Waals surface area contributed by atoms with Crippen molar-refractivity contribution in [2.45, 2.75) is 45.4 Å². The Morgan fingerprint density at radius 2 is 2.00 bits per heavy atom. The van der Waals surface area contributed by atoms with Crippen LogP contribution in [0, 0.1) is 5.92 Å². The van der Waals surface area contributed by atoms with Crippen molar-refractivity contribution in [1.29, 1.82) is 0 Å². The van der Waals surface area contributed by atoms with Crippen molar-refractivity contribution < 1.29 is 4.79 Å². The molecular weight excluding hydrogens is 246 g/mol. The lowest BCUT2D eigenvalue weighted by Crippen LogP contribution is -2.21. The lowest BCUT2D eigenvalue weighted by molar-refractivity contribution is -0.119. The smallest absolute Gasteiger partial charge is 0.227 e. The number of carbonyl (C=O) groups excluding carboxylic acids is 1. The van der Waals surface area contributed by atoms with Gasteiger partial charge < -0.3 is 5.32 Å². The zero-order valence-corrected chi connectivity index (χ0v) is 12.1. The van der Waals surface area contributed by atoms with Crippen LogP contribution in [0.3, 0.4) is 0 Å². The van der Waals surface area contributed by atoms with Crippen LogP contribution in [0.1, 0.15) is 51.0 Å². The SMILES string of the molecule is CCCCC(C)C(=O)Nc1ccccc1C(C)Cl. The number of carbonyl (C=O) groups is 1. The monoisotopic (exact) mass is 267 g/mol. The van der Waals surface area contributed by atoms with E-state index in [9.17, 15) is 4.79 Å². The lowest BCUT2D eigenvalue weighted by atomic mass is 10.0. The minimum atomic E-state index is -0.104. The summed E-state index contributed by atoms with van der Waals surface area (Å²) in [6, 6.07) is 7.70. The summed E-state index contributed by atoms with van der Waals surface area (Å²) >= 11 is 6.10. The van der Waals surface area contributed by atoms with Crippen molar-refractivity contribution in [3.8, 4) is 0 Å². The third-order valence-corrected chi connectivity index (χ3v) is 3.32. The summed E-state index contributed by atoms with van der Waals surface area (Å²) in [7, 11) is 0. The number of anilines is 1.